The van der Waals surface area contributed by atoms with E-state index < -0.39 is 5.54 Å². The van der Waals surface area contributed by atoms with Gasteiger partial charge in [-0.2, -0.15) is 5.10 Å². The first-order valence-electron chi connectivity index (χ1n) is 21.5. The Morgan fingerprint density at radius 1 is 0.583 bits per heavy atom. The molecule has 2 aliphatic heterocycles. The van der Waals surface area contributed by atoms with E-state index >= 15 is 0 Å². The minimum absolute atomic E-state index is 0.608. The molecule has 0 amide bonds. The molecule has 3 atom stereocenters. The molecule has 0 N–H and O–H groups in total. The van der Waals surface area contributed by atoms with Crippen LogP contribution in [0.15, 0.2) is 152 Å². The maximum atomic E-state index is 5.84. The summed E-state index contributed by atoms with van der Waals surface area (Å²) in [6.07, 6.45) is 9.89. The molecule has 2 unspecified atom stereocenters. The number of morpholine rings is 1. The van der Waals surface area contributed by atoms with Crippen molar-refractivity contribution in [1.29, 1.82) is 0 Å². The van der Waals surface area contributed by atoms with Gasteiger partial charge in [0.2, 0.25) is 0 Å². The SMILES string of the molecule is Cc1ccc(C)c(-c2ccc(-c3nn(C(c4ccccc4)(c4ccccc4)c4ccccc4)c4ncc(-c5ccc6c(c5)CC[C@@H](N5C7COCC5C7)CC6)cc34)nc2)n1. The van der Waals surface area contributed by atoms with Crippen molar-refractivity contribution < 1.29 is 4.74 Å². The fourth-order valence-electron chi connectivity index (χ4n) is 10.4. The molecule has 8 aromatic rings. The summed E-state index contributed by atoms with van der Waals surface area (Å²) in [6, 6.07) is 51.7. The van der Waals surface area contributed by atoms with Gasteiger partial charge < -0.3 is 4.74 Å². The first kappa shape index (κ1) is 36.8. The summed E-state index contributed by atoms with van der Waals surface area (Å²) in [5.74, 6) is 0. The second-order valence-corrected chi connectivity index (χ2v) is 17.0. The van der Waals surface area contributed by atoms with Crippen LogP contribution in [-0.4, -0.2) is 61.0 Å². The zero-order chi connectivity index (χ0) is 40.2. The number of ether oxygens (including phenoxy) is 1. The summed E-state index contributed by atoms with van der Waals surface area (Å²) in [6.45, 7) is 5.91. The van der Waals surface area contributed by atoms with Crippen molar-refractivity contribution in [2.24, 2.45) is 0 Å². The predicted octanol–water partition coefficient (Wildman–Crippen LogP) is 10.4. The molecule has 11 rings (SSSR count). The van der Waals surface area contributed by atoms with Crippen LogP contribution in [0.2, 0.25) is 0 Å². The van der Waals surface area contributed by atoms with E-state index in [0.717, 1.165) is 93.2 Å². The number of nitrogens with zero attached hydrogens (tertiary/aromatic N) is 6. The first-order valence-corrected chi connectivity index (χ1v) is 21.5. The van der Waals surface area contributed by atoms with Gasteiger partial charge in [0.15, 0.2) is 5.65 Å². The predicted molar refractivity (Wildman–Crippen MR) is 239 cm³/mol. The molecule has 2 saturated heterocycles. The van der Waals surface area contributed by atoms with Gasteiger partial charge >= 0.3 is 0 Å². The van der Waals surface area contributed by atoms with Crippen molar-refractivity contribution in [3.63, 3.8) is 0 Å². The summed E-state index contributed by atoms with van der Waals surface area (Å²) in [7, 11) is 0. The lowest BCUT2D eigenvalue weighted by molar-refractivity contribution is -0.148. The topological polar surface area (TPSA) is 69.0 Å². The van der Waals surface area contributed by atoms with Crippen LogP contribution >= 0.6 is 0 Å². The molecule has 6 heterocycles. The van der Waals surface area contributed by atoms with E-state index in [-0.39, 0.29) is 0 Å². The molecular formula is C53H48N6O. The van der Waals surface area contributed by atoms with Crippen LogP contribution in [0.4, 0.5) is 0 Å². The van der Waals surface area contributed by atoms with Gasteiger partial charge in [0.1, 0.15) is 11.2 Å². The third kappa shape index (κ3) is 6.18. The van der Waals surface area contributed by atoms with Gasteiger partial charge in [-0.1, -0.05) is 115 Å². The van der Waals surface area contributed by atoms with Crippen LogP contribution in [0.25, 0.3) is 44.8 Å². The molecule has 2 bridgehead atoms. The maximum Gasteiger partial charge on any atom is 0.160 e. The van der Waals surface area contributed by atoms with Crippen molar-refractivity contribution in [2.75, 3.05) is 13.2 Å². The lowest BCUT2D eigenvalue weighted by atomic mass is 9.77. The highest BCUT2D eigenvalue weighted by molar-refractivity contribution is 5.94. The van der Waals surface area contributed by atoms with Gasteiger partial charge in [0.25, 0.3) is 0 Å². The molecule has 0 saturated carbocycles. The molecule has 4 aromatic heterocycles. The summed E-state index contributed by atoms with van der Waals surface area (Å²) in [5.41, 5.74) is 14.0. The van der Waals surface area contributed by atoms with Gasteiger partial charge in [0.05, 0.1) is 24.6 Å². The highest BCUT2D eigenvalue weighted by Gasteiger charge is 2.46. The number of fused-ring (bicyclic) bond motifs is 4. The minimum Gasteiger partial charge on any atom is -0.378 e. The maximum absolute atomic E-state index is 5.84. The normalized spacial score (nSPS) is 19.1. The molecule has 296 valence electrons. The molecule has 7 nitrogen and oxygen atoms in total. The van der Waals surface area contributed by atoms with Crippen LogP contribution in [0.1, 0.15) is 58.3 Å². The molecule has 60 heavy (non-hydrogen) atoms. The Balaban J connectivity index is 1.08. The minimum atomic E-state index is -0.848. The summed E-state index contributed by atoms with van der Waals surface area (Å²) >= 11 is 0. The second kappa shape index (κ2) is 15.1. The Morgan fingerprint density at radius 2 is 1.22 bits per heavy atom. The lowest BCUT2D eigenvalue weighted by Crippen LogP contribution is -2.66. The first-order chi connectivity index (χ1) is 29.5. The molecule has 0 spiro atoms. The average Bonchev–Trinajstić information content (AvgIpc) is 3.56. The summed E-state index contributed by atoms with van der Waals surface area (Å²) < 4.78 is 7.99. The van der Waals surface area contributed by atoms with E-state index in [1.165, 1.54) is 36.0 Å². The Kier molecular flexibility index (Phi) is 9.24. The molecule has 3 aliphatic rings. The fourth-order valence-corrected chi connectivity index (χ4v) is 10.4. The summed E-state index contributed by atoms with van der Waals surface area (Å²) in [5, 5.41) is 6.59. The van der Waals surface area contributed by atoms with Crippen LogP contribution < -0.4 is 0 Å². The number of aromatic nitrogens is 5. The second-order valence-electron chi connectivity index (χ2n) is 17.0. The number of hydrogen-bond acceptors (Lipinski definition) is 6. The highest BCUT2D eigenvalue weighted by Crippen LogP contribution is 2.44. The van der Waals surface area contributed by atoms with Crippen molar-refractivity contribution in [2.45, 2.75) is 69.6 Å². The van der Waals surface area contributed by atoms with E-state index in [1.54, 1.807) is 0 Å². The number of rotatable bonds is 8. The van der Waals surface area contributed by atoms with Crippen LogP contribution in [0.5, 0.6) is 0 Å². The standard InChI is InChI=1S/C53H48N6O/c1-35-18-19-36(2)56-50(35)40-24-27-49(54-31-40)51-48-29-41(39-21-20-37-22-25-45(26-23-38(37)28-39)58-46-30-47(58)34-60-33-46)32-55-52(48)59(57-51)53(42-12-6-3-7-13-42,43-14-8-4-9-15-43)44-16-10-5-11-17-44/h3-21,24,27-29,31-32,45-47H,22-23,25-26,30,33-34H2,1-2H3/t45-,46?,47?/m0/s1. The Hall–Kier alpha value is -6.28. The Labute approximate surface area is 351 Å². The van der Waals surface area contributed by atoms with Crippen molar-refractivity contribution in [1.82, 2.24) is 29.6 Å². The van der Waals surface area contributed by atoms with Gasteiger partial charge in [-0.05, 0) is 109 Å². The quantitative estimate of drug-likeness (QED) is 0.113. The number of benzene rings is 4. The third-order valence-electron chi connectivity index (χ3n) is 13.4. The van der Waals surface area contributed by atoms with Crippen LogP contribution in [-0.2, 0) is 23.1 Å². The van der Waals surface area contributed by atoms with E-state index in [1.807, 2.05) is 19.3 Å². The Morgan fingerprint density at radius 3 is 1.85 bits per heavy atom. The van der Waals surface area contributed by atoms with Gasteiger partial charge in [-0.3, -0.25) is 14.9 Å². The summed E-state index contributed by atoms with van der Waals surface area (Å²) in [4.78, 5) is 18.2. The molecule has 1 aliphatic carbocycles. The zero-order valence-corrected chi connectivity index (χ0v) is 34.2. The van der Waals surface area contributed by atoms with Gasteiger partial charge in [-0.15, -0.1) is 0 Å². The fraction of sp³-hybridized carbons (Fsp3) is 0.245. The molecule has 4 aromatic carbocycles. The van der Waals surface area contributed by atoms with E-state index in [2.05, 4.69) is 156 Å². The van der Waals surface area contributed by atoms with Crippen molar-refractivity contribution >= 4 is 11.0 Å². The monoisotopic (exact) mass is 784 g/mol. The molecular weight excluding hydrogens is 737 g/mol. The van der Waals surface area contributed by atoms with E-state index in [9.17, 15) is 0 Å². The van der Waals surface area contributed by atoms with Gasteiger partial charge in [0, 0.05) is 52.7 Å². The number of hydrogen-bond donors (Lipinski definition) is 0. The Bertz CT molecular complexity index is 2710. The van der Waals surface area contributed by atoms with Crippen LogP contribution in [0, 0.1) is 13.8 Å². The van der Waals surface area contributed by atoms with Crippen molar-refractivity contribution in [3.05, 3.63) is 191 Å². The molecule has 0 radical (unpaired) electrons. The highest BCUT2D eigenvalue weighted by atomic mass is 16.5. The van der Waals surface area contributed by atoms with E-state index in [4.69, 9.17) is 24.8 Å². The third-order valence-corrected chi connectivity index (χ3v) is 13.4. The largest absolute Gasteiger partial charge is 0.378 e. The lowest BCUT2D eigenvalue weighted by Gasteiger charge is -2.56. The number of aryl methyl sites for hydroxylation is 4. The molecule has 2 fully saturated rings. The average molecular weight is 785 g/mol. The van der Waals surface area contributed by atoms with Crippen molar-refractivity contribution in [3.8, 4) is 33.8 Å². The smallest absolute Gasteiger partial charge is 0.160 e. The number of pyridine rings is 3. The van der Waals surface area contributed by atoms with Gasteiger partial charge in [-0.25, -0.2) is 9.67 Å². The molecule has 7 heteroatoms. The van der Waals surface area contributed by atoms with E-state index in [0.29, 0.717) is 18.1 Å². The van der Waals surface area contributed by atoms with Crippen LogP contribution in [0.3, 0.4) is 0 Å². The zero-order valence-electron chi connectivity index (χ0n) is 34.2.